The van der Waals surface area contributed by atoms with Crippen LogP contribution in [0.4, 0.5) is 0 Å². The molecule has 0 aromatic rings. The largest absolute Gasteiger partial charge is 0.456 e. The van der Waals surface area contributed by atoms with Crippen molar-refractivity contribution in [3.8, 4) is 0 Å². The molecule has 12 nitrogen and oxygen atoms in total. The van der Waals surface area contributed by atoms with Gasteiger partial charge in [-0.1, -0.05) is 5.11 Å². The molecule has 5 atom stereocenters. The van der Waals surface area contributed by atoms with Gasteiger partial charge in [0.2, 0.25) is 12.4 Å². The highest BCUT2D eigenvalue weighted by Crippen LogP contribution is 2.31. The standard InChI is InChI=1S/C15H21N3O9/c1-7(19)23-12-11(5-6-17-18-16)27-15(26-10(4)22)14(25-9(3)21)13(12)24-8(2)20/h11-15H,5-6H2,1-4H3/t11-,12+,13+,14+,15?/m0/s1. The number of carbonyl (C=O) groups excluding carboxylic acids is 4. The summed E-state index contributed by atoms with van der Waals surface area (Å²) in [5.74, 6) is -2.95. The predicted molar refractivity (Wildman–Crippen MR) is 85.7 cm³/mol. The molecule has 0 spiro atoms. The Kier molecular flexibility index (Phi) is 8.49. The number of ether oxygens (including phenoxy) is 5. The van der Waals surface area contributed by atoms with Crippen molar-refractivity contribution in [1.82, 2.24) is 0 Å². The minimum atomic E-state index is -1.42. The summed E-state index contributed by atoms with van der Waals surface area (Å²) in [5.41, 5.74) is 8.43. The number of hydrogen-bond acceptors (Lipinski definition) is 10. The first-order chi connectivity index (χ1) is 12.6. The van der Waals surface area contributed by atoms with Crippen molar-refractivity contribution in [1.29, 1.82) is 0 Å². The van der Waals surface area contributed by atoms with Gasteiger partial charge >= 0.3 is 23.9 Å². The molecule has 0 amide bonds. The predicted octanol–water partition coefficient (Wildman–Crippen LogP) is 0.770. The lowest BCUT2D eigenvalue weighted by Crippen LogP contribution is -2.62. The second-order valence-electron chi connectivity index (χ2n) is 5.62. The molecule has 1 saturated heterocycles. The lowest BCUT2D eigenvalue weighted by Gasteiger charge is -2.43. The van der Waals surface area contributed by atoms with Gasteiger partial charge in [0.15, 0.2) is 12.2 Å². The Balaban J connectivity index is 3.28. The Morgan fingerprint density at radius 1 is 0.852 bits per heavy atom. The Labute approximate surface area is 154 Å². The van der Waals surface area contributed by atoms with Gasteiger partial charge in [-0.05, 0) is 12.0 Å². The highest BCUT2D eigenvalue weighted by molar-refractivity contribution is 5.69. The van der Waals surface area contributed by atoms with E-state index in [0.717, 1.165) is 27.7 Å². The summed E-state index contributed by atoms with van der Waals surface area (Å²) >= 11 is 0. The van der Waals surface area contributed by atoms with Crippen molar-refractivity contribution in [3.05, 3.63) is 10.4 Å². The molecule has 0 saturated carbocycles. The van der Waals surface area contributed by atoms with Crippen LogP contribution in [-0.4, -0.2) is 61.1 Å². The Bertz CT molecular complexity index is 632. The van der Waals surface area contributed by atoms with Gasteiger partial charge in [0, 0.05) is 39.2 Å². The van der Waals surface area contributed by atoms with E-state index in [1.165, 1.54) is 0 Å². The molecule has 1 aliphatic heterocycles. The molecule has 12 heteroatoms. The molecule has 0 aliphatic carbocycles. The fraction of sp³-hybridized carbons (Fsp3) is 0.733. The van der Waals surface area contributed by atoms with Crippen LogP contribution in [0.1, 0.15) is 34.1 Å². The highest BCUT2D eigenvalue weighted by atomic mass is 16.7. The maximum atomic E-state index is 11.6. The molecule has 1 unspecified atom stereocenters. The Morgan fingerprint density at radius 2 is 1.33 bits per heavy atom. The molecular formula is C15H21N3O9. The molecule has 0 N–H and O–H groups in total. The zero-order valence-corrected chi connectivity index (χ0v) is 15.3. The van der Waals surface area contributed by atoms with Gasteiger partial charge in [0.05, 0.1) is 0 Å². The average molecular weight is 387 g/mol. The fourth-order valence-corrected chi connectivity index (χ4v) is 2.58. The smallest absolute Gasteiger partial charge is 0.305 e. The molecular weight excluding hydrogens is 366 g/mol. The van der Waals surface area contributed by atoms with Crippen LogP contribution in [0.2, 0.25) is 0 Å². The molecule has 1 heterocycles. The number of azide groups is 1. The summed E-state index contributed by atoms with van der Waals surface area (Å²) in [6, 6.07) is 0. The van der Waals surface area contributed by atoms with E-state index in [0.29, 0.717) is 0 Å². The number of nitrogens with zero attached hydrogens (tertiary/aromatic N) is 3. The molecule has 1 fully saturated rings. The number of esters is 4. The lowest BCUT2D eigenvalue weighted by molar-refractivity contribution is -0.296. The van der Waals surface area contributed by atoms with Gasteiger partial charge in [0.1, 0.15) is 6.10 Å². The number of rotatable bonds is 7. The summed E-state index contributed by atoms with van der Waals surface area (Å²) < 4.78 is 26.2. The average Bonchev–Trinajstić information content (AvgIpc) is 2.52. The van der Waals surface area contributed by atoms with Crippen LogP contribution < -0.4 is 0 Å². The second-order valence-corrected chi connectivity index (χ2v) is 5.62. The van der Waals surface area contributed by atoms with Gasteiger partial charge in [-0.3, -0.25) is 19.2 Å². The maximum Gasteiger partial charge on any atom is 0.305 e. The molecule has 150 valence electrons. The van der Waals surface area contributed by atoms with Crippen molar-refractivity contribution in [2.75, 3.05) is 6.54 Å². The zero-order chi connectivity index (χ0) is 20.6. The SMILES string of the molecule is CC(=O)OC1O[C@@H](CCN=[N+]=[N-])[C@@H](OC(C)=O)[C@@H](OC(C)=O)[C@H]1OC(C)=O. The molecule has 27 heavy (non-hydrogen) atoms. The summed E-state index contributed by atoms with van der Waals surface area (Å²) in [5, 5.41) is 3.38. The lowest BCUT2D eigenvalue weighted by atomic mass is 9.96. The minimum Gasteiger partial charge on any atom is -0.456 e. The number of carbonyl (C=O) groups is 4. The fourth-order valence-electron chi connectivity index (χ4n) is 2.58. The van der Waals surface area contributed by atoms with Crippen molar-refractivity contribution < 1.29 is 42.9 Å². The van der Waals surface area contributed by atoms with Crippen LogP contribution in [0, 0.1) is 0 Å². The van der Waals surface area contributed by atoms with E-state index in [4.69, 9.17) is 29.2 Å². The second kappa shape index (κ2) is 10.3. The first-order valence-electron chi connectivity index (χ1n) is 8.01. The van der Waals surface area contributed by atoms with Crippen LogP contribution in [0.3, 0.4) is 0 Å². The number of hydrogen-bond donors (Lipinski definition) is 0. The van der Waals surface area contributed by atoms with Crippen LogP contribution in [0.5, 0.6) is 0 Å². The minimum absolute atomic E-state index is 0.0310. The van der Waals surface area contributed by atoms with Gasteiger partial charge in [-0.25, -0.2) is 0 Å². The van der Waals surface area contributed by atoms with E-state index in [2.05, 4.69) is 10.0 Å². The van der Waals surface area contributed by atoms with Crippen LogP contribution in [0.25, 0.3) is 10.4 Å². The molecule has 0 aromatic carbocycles. The van der Waals surface area contributed by atoms with Gasteiger partial charge in [-0.2, -0.15) is 0 Å². The van der Waals surface area contributed by atoms with E-state index >= 15 is 0 Å². The molecule has 1 rings (SSSR count). The van der Waals surface area contributed by atoms with E-state index < -0.39 is 54.6 Å². The molecule has 0 bridgehead atoms. The normalized spacial score (nSPS) is 26.9. The van der Waals surface area contributed by atoms with E-state index in [9.17, 15) is 19.2 Å². The summed E-state index contributed by atoms with van der Waals surface area (Å²) in [6.45, 7) is 4.43. The Hall–Kier alpha value is -2.85. The first-order valence-corrected chi connectivity index (χ1v) is 8.01. The molecule has 0 radical (unpaired) electrons. The monoisotopic (exact) mass is 387 g/mol. The summed E-state index contributed by atoms with van der Waals surface area (Å²) in [6.07, 6.45) is -6.17. The summed E-state index contributed by atoms with van der Waals surface area (Å²) in [4.78, 5) is 48.6. The van der Waals surface area contributed by atoms with Crippen molar-refractivity contribution >= 4 is 23.9 Å². The van der Waals surface area contributed by atoms with E-state index in [1.807, 2.05) is 0 Å². The highest BCUT2D eigenvalue weighted by Gasteiger charge is 2.52. The summed E-state index contributed by atoms with van der Waals surface area (Å²) in [7, 11) is 0. The van der Waals surface area contributed by atoms with Crippen molar-refractivity contribution in [2.24, 2.45) is 5.11 Å². The van der Waals surface area contributed by atoms with Crippen molar-refractivity contribution in [2.45, 2.75) is 64.8 Å². The van der Waals surface area contributed by atoms with Crippen LogP contribution in [0.15, 0.2) is 5.11 Å². The van der Waals surface area contributed by atoms with E-state index in [1.54, 1.807) is 0 Å². The van der Waals surface area contributed by atoms with Crippen LogP contribution >= 0.6 is 0 Å². The topological polar surface area (TPSA) is 163 Å². The van der Waals surface area contributed by atoms with E-state index in [-0.39, 0.29) is 13.0 Å². The zero-order valence-electron chi connectivity index (χ0n) is 15.3. The van der Waals surface area contributed by atoms with Gasteiger partial charge in [0.25, 0.3) is 0 Å². The van der Waals surface area contributed by atoms with Gasteiger partial charge < -0.3 is 23.7 Å². The molecule has 0 aromatic heterocycles. The van der Waals surface area contributed by atoms with Crippen LogP contribution in [-0.2, 0) is 42.9 Å². The third-order valence-corrected chi connectivity index (χ3v) is 3.36. The quantitative estimate of drug-likeness (QED) is 0.202. The maximum absolute atomic E-state index is 11.6. The van der Waals surface area contributed by atoms with Crippen molar-refractivity contribution in [3.63, 3.8) is 0 Å². The third kappa shape index (κ3) is 7.12. The van der Waals surface area contributed by atoms with Gasteiger partial charge in [-0.15, -0.1) is 0 Å². The molecule has 1 aliphatic rings. The third-order valence-electron chi connectivity index (χ3n) is 3.36. The first kappa shape index (κ1) is 22.2. The Morgan fingerprint density at radius 3 is 1.81 bits per heavy atom.